The Morgan fingerprint density at radius 1 is 1.38 bits per heavy atom. The van der Waals surface area contributed by atoms with Gasteiger partial charge in [0.05, 0.1) is 0 Å². The number of nitrogens with zero attached hydrogens (tertiary/aromatic N) is 2. The first-order valence-corrected chi connectivity index (χ1v) is 5.43. The van der Waals surface area contributed by atoms with Crippen molar-refractivity contribution in [3.05, 3.63) is 40.3 Å². The lowest BCUT2D eigenvalue weighted by Crippen LogP contribution is -2.08. The number of rotatable bonds is 2. The molecule has 0 saturated heterocycles. The quantitative estimate of drug-likeness (QED) is 0.763. The van der Waals surface area contributed by atoms with Gasteiger partial charge in [-0.05, 0) is 30.8 Å². The molecule has 2 heterocycles. The number of nitrogens with two attached hydrogens (primary N) is 1. The minimum Gasteiger partial charge on any atom is -0.384 e. The highest BCUT2D eigenvalue weighted by Crippen LogP contribution is 2.22. The Morgan fingerprint density at radius 2 is 2.19 bits per heavy atom. The van der Waals surface area contributed by atoms with Crippen LogP contribution in [0.3, 0.4) is 0 Å². The van der Waals surface area contributed by atoms with Gasteiger partial charge < -0.3 is 10.7 Å². The van der Waals surface area contributed by atoms with Gasteiger partial charge in [-0.3, -0.25) is 4.79 Å². The van der Waals surface area contributed by atoms with Crippen LogP contribution in [-0.4, -0.2) is 15.0 Å². The summed E-state index contributed by atoms with van der Waals surface area (Å²) in [7, 11) is 0. The molecule has 6 heteroatoms. The molecule has 0 bridgehead atoms. The largest absolute Gasteiger partial charge is 0.384 e. The molecule has 0 unspecified atom stereocenters. The molecule has 82 valence electrons. The van der Waals surface area contributed by atoms with Crippen LogP contribution >= 0.6 is 11.8 Å². The van der Waals surface area contributed by atoms with Crippen molar-refractivity contribution < 1.29 is 0 Å². The minimum absolute atomic E-state index is 0.168. The normalized spacial score (nSPS) is 10.3. The number of nitrogens with one attached hydrogen (secondary N) is 1. The van der Waals surface area contributed by atoms with Gasteiger partial charge in [-0.25, -0.2) is 9.97 Å². The summed E-state index contributed by atoms with van der Waals surface area (Å²) in [6, 6.07) is 6.76. The lowest BCUT2D eigenvalue weighted by molar-refractivity contribution is 0.902. The van der Waals surface area contributed by atoms with Gasteiger partial charge >= 0.3 is 0 Å². The summed E-state index contributed by atoms with van der Waals surface area (Å²) < 4.78 is 0. The average molecular weight is 234 g/mol. The van der Waals surface area contributed by atoms with Gasteiger partial charge in [-0.15, -0.1) is 0 Å². The van der Waals surface area contributed by atoms with Crippen molar-refractivity contribution in [2.45, 2.75) is 17.1 Å². The maximum Gasteiger partial charge on any atom is 0.251 e. The van der Waals surface area contributed by atoms with E-state index < -0.39 is 0 Å². The number of H-pyrrole nitrogens is 1. The highest BCUT2D eigenvalue weighted by atomic mass is 32.2. The Morgan fingerprint density at radius 3 is 2.88 bits per heavy atom. The first-order chi connectivity index (χ1) is 7.63. The molecule has 2 rings (SSSR count). The minimum atomic E-state index is -0.168. The lowest BCUT2D eigenvalue weighted by atomic mass is 10.5. The van der Waals surface area contributed by atoms with Crippen LogP contribution in [0, 0.1) is 6.92 Å². The predicted octanol–water partition coefficient (Wildman–Crippen LogP) is 1.21. The number of nitrogen functional groups attached to an aromatic ring is 1. The van der Waals surface area contributed by atoms with E-state index in [1.807, 2.05) is 6.07 Å². The monoisotopic (exact) mass is 234 g/mol. The highest BCUT2D eigenvalue weighted by molar-refractivity contribution is 7.99. The molecular formula is C10H10N4OS. The van der Waals surface area contributed by atoms with Crippen LogP contribution < -0.4 is 11.3 Å². The van der Waals surface area contributed by atoms with Crippen LogP contribution in [0.5, 0.6) is 0 Å². The number of hydrogen-bond donors (Lipinski definition) is 2. The van der Waals surface area contributed by atoms with Gasteiger partial charge in [-0.1, -0.05) is 6.07 Å². The fourth-order valence-corrected chi connectivity index (χ4v) is 2.02. The Hall–Kier alpha value is -1.82. The predicted molar refractivity (Wildman–Crippen MR) is 62.4 cm³/mol. The van der Waals surface area contributed by atoms with E-state index in [1.165, 1.54) is 17.8 Å². The molecule has 0 fully saturated rings. The lowest BCUT2D eigenvalue weighted by Gasteiger charge is -2.01. The van der Waals surface area contributed by atoms with Crippen molar-refractivity contribution in [2.24, 2.45) is 0 Å². The molecule has 2 aromatic rings. The van der Waals surface area contributed by atoms with E-state index in [1.54, 1.807) is 19.1 Å². The molecule has 0 spiro atoms. The van der Waals surface area contributed by atoms with E-state index in [9.17, 15) is 4.79 Å². The average Bonchev–Trinajstić information content (AvgIpc) is 2.15. The van der Waals surface area contributed by atoms with Gasteiger partial charge in [0.25, 0.3) is 5.56 Å². The van der Waals surface area contributed by atoms with Crippen molar-refractivity contribution in [2.75, 3.05) is 5.73 Å². The zero-order chi connectivity index (χ0) is 11.5. The fraction of sp³-hybridized carbons (Fsp3) is 0.100. The van der Waals surface area contributed by atoms with E-state index in [-0.39, 0.29) is 5.56 Å². The standard InChI is InChI=1S/C10H10N4OS/c1-6-5-8(15)14-10(12-6)16-9-4-2-3-7(11)13-9/h2-5H,1H3,(H2,11,13)(H,12,14,15). The van der Waals surface area contributed by atoms with Gasteiger partial charge in [0.2, 0.25) is 0 Å². The Kier molecular flexibility index (Phi) is 2.91. The Bertz CT molecular complexity index is 567. The van der Waals surface area contributed by atoms with Crippen LogP contribution in [0.15, 0.2) is 39.2 Å². The maximum atomic E-state index is 11.2. The molecule has 0 saturated carbocycles. The third-order valence-corrected chi connectivity index (χ3v) is 2.62. The van der Waals surface area contributed by atoms with E-state index >= 15 is 0 Å². The van der Waals surface area contributed by atoms with Crippen LogP contribution in [0.4, 0.5) is 5.82 Å². The Balaban J connectivity index is 2.30. The molecule has 0 radical (unpaired) electrons. The highest BCUT2D eigenvalue weighted by Gasteiger charge is 2.02. The first-order valence-electron chi connectivity index (χ1n) is 4.62. The summed E-state index contributed by atoms with van der Waals surface area (Å²) in [6.45, 7) is 1.77. The molecule has 0 amide bonds. The second-order valence-electron chi connectivity index (χ2n) is 3.19. The maximum absolute atomic E-state index is 11.2. The van der Waals surface area contributed by atoms with Crippen LogP contribution in [0.2, 0.25) is 0 Å². The van der Waals surface area contributed by atoms with Crippen molar-refractivity contribution in [3.63, 3.8) is 0 Å². The smallest absolute Gasteiger partial charge is 0.251 e. The molecule has 0 aliphatic carbocycles. The summed E-state index contributed by atoms with van der Waals surface area (Å²) in [6.07, 6.45) is 0. The molecule has 3 N–H and O–H groups in total. The van der Waals surface area contributed by atoms with Gasteiger partial charge in [0.1, 0.15) is 10.8 Å². The molecule has 16 heavy (non-hydrogen) atoms. The first kappa shape index (κ1) is 10.7. The summed E-state index contributed by atoms with van der Waals surface area (Å²) in [5, 5.41) is 1.22. The summed E-state index contributed by atoms with van der Waals surface area (Å²) in [5.74, 6) is 0.444. The molecule has 0 aliphatic rings. The van der Waals surface area contributed by atoms with Crippen molar-refractivity contribution >= 4 is 17.6 Å². The molecule has 0 aromatic carbocycles. The van der Waals surface area contributed by atoms with E-state index in [4.69, 9.17) is 5.73 Å². The molecule has 5 nitrogen and oxygen atoms in total. The topological polar surface area (TPSA) is 84.7 Å². The van der Waals surface area contributed by atoms with Crippen molar-refractivity contribution in [3.8, 4) is 0 Å². The number of anilines is 1. The SMILES string of the molecule is Cc1cc(=O)[nH]c(Sc2cccc(N)n2)n1. The van der Waals surface area contributed by atoms with Crippen LogP contribution in [0.25, 0.3) is 0 Å². The van der Waals surface area contributed by atoms with E-state index in [0.717, 1.165) is 0 Å². The second kappa shape index (κ2) is 4.36. The summed E-state index contributed by atoms with van der Waals surface area (Å²) in [5.41, 5.74) is 6.06. The number of pyridine rings is 1. The molecule has 0 aliphatic heterocycles. The van der Waals surface area contributed by atoms with Gasteiger partial charge in [-0.2, -0.15) is 0 Å². The molecule has 2 aromatic heterocycles. The number of aromatic nitrogens is 3. The number of hydrogen-bond acceptors (Lipinski definition) is 5. The van der Waals surface area contributed by atoms with Crippen molar-refractivity contribution in [1.29, 1.82) is 0 Å². The third kappa shape index (κ3) is 2.60. The van der Waals surface area contributed by atoms with E-state index in [2.05, 4.69) is 15.0 Å². The summed E-state index contributed by atoms with van der Waals surface area (Å²) in [4.78, 5) is 22.1. The number of aromatic amines is 1. The van der Waals surface area contributed by atoms with Crippen molar-refractivity contribution in [1.82, 2.24) is 15.0 Å². The molecular weight excluding hydrogens is 224 g/mol. The zero-order valence-corrected chi connectivity index (χ0v) is 9.41. The molecule has 0 atom stereocenters. The zero-order valence-electron chi connectivity index (χ0n) is 8.60. The van der Waals surface area contributed by atoms with Gasteiger partial charge in [0.15, 0.2) is 5.16 Å². The van der Waals surface area contributed by atoms with E-state index in [0.29, 0.717) is 21.7 Å². The number of aryl methyl sites for hydroxylation is 1. The Labute approximate surface area is 96.1 Å². The second-order valence-corrected chi connectivity index (χ2v) is 4.20. The fourth-order valence-electron chi connectivity index (χ4n) is 1.19. The van der Waals surface area contributed by atoms with Gasteiger partial charge in [0, 0.05) is 11.8 Å². The summed E-state index contributed by atoms with van der Waals surface area (Å²) >= 11 is 1.27. The van der Waals surface area contributed by atoms with Crippen LogP contribution in [0.1, 0.15) is 5.69 Å². The van der Waals surface area contributed by atoms with Crippen LogP contribution in [-0.2, 0) is 0 Å². The third-order valence-electron chi connectivity index (χ3n) is 1.79.